The van der Waals surface area contributed by atoms with Gasteiger partial charge in [0, 0.05) is 16.9 Å². The quantitative estimate of drug-likeness (QED) is 0.507. The summed E-state index contributed by atoms with van der Waals surface area (Å²) in [5.74, 6) is -0.0218. The van der Waals surface area contributed by atoms with Crippen molar-refractivity contribution >= 4 is 54.4 Å². The van der Waals surface area contributed by atoms with Crippen LogP contribution in [0, 0.1) is 6.92 Å². The number of amides is 1. The number of para-hydroxylation sites is 1. The summed E-state index contributed by atoms with van der Waals surface area (Å²) >= 11 is 6.80. The molecule has 3 rings (SSSR count). The number of aromatic hydroxyl groups is 1. The number of carbonyl (C=O) groups excluding carboxylic acids is 1. The largest absolute Gasteiger partial charge is 0.493 e. The van der Waals surface area contributed by atoms with Crippen LogP contribution in [0.25, 0.3) is 10.9 Å². The maximum Gasteiger partial charge on any atom is 0.302 e. The number of halogens is 2. The Morgan fingerprint density at radius 1 is 1.27 bits per heavy atom. The van der Waals surface area contributed by atoms with E-state index in [9.17, 15) is 9.90 Å². The van der Waals surface area contributed by atoms with E-state index in [1.165, 1.54) is 0 Å². The minimum Gasteiger partial charge on any atom is -0.493 e. The van der Waals surface area contributed by atoms with Crippen LogP contribution >= 0.6 is 31.9 Å². The molecule has 0 radical (unpaired) electrons. The van der Waals surface area contributed by atoms with Crippen molar-refractivity contribution in [3.63, 3.8) is 0 Å². The second-order valence-electron chi connectivity index (χ2n) is 5.66. The van der Waals surface area contributed by atoms with Crippen molar-refractivity contribution in [1.29, 1.82) is 0 Å². The van der Waals surface area contributed by atoms with Crippen molar-refractivity contribution in [3.8, 4) is 11.6 Å². The van der Waals surface area contributed by atoms with Crippen molar-refractivity contribution in [2.24, 2.45) is 17.3 Å². The van der Waals surface area contributed by atoms with Gasteiger partial charge in [-0.25, -0.2) is 0 Å². The second kappa shape index (κ2) is 7.59. The molecule has 6 nitrogen and oxygen atoms in total. The Morgan fingerprint density at radius 3 is 2.73 bits per heavy atom. The molecule has 0 spiro atoms. The van der Waals surface area contributed by atoms with Gasteiger partial charge in [0.2, 0.25) is 5.88 Å². The number of carbonyl (C=O) groups is 1. The predicted octanol–water partition coefficient (Wildman–Crippen LogP) is 5.41. The normalized spacial score (nSPS) is 11.4. The van der Waals surface area contributed by atoms with Crippen LogP contribution in [0.2, 0.25) is 0 Å². The highest BCUT2D eigenvalue weighted by Gasteiger charge is 2.14. The number of aromatic nitrogens is 1. The highest BCUT2D eigenvalue weighted by Crippen LogP contribution is 2.37. The van der Waals surface area contributed by atoms with E-state index < -0.39 is 5.91 Å². The zero-order valence-electron chi connectivity index (χ0n) is 14.0. The van der Waals surface area contributed by atoms with E-state index in [-0.39, 0.29) is 18.2 Å². The summed E-state index contributed by atoms with van der Waals surface area (Å²) in [6, 6.07) is 11.1. The highest BCUT2D eigenvalue weighted by molar-refractivity contribution is 9.11. The third-order valence-corrected chi connectivity index (χ3v) is 4.89. The SMILES string of the molecule is Cc1cc(Br)cc(Br)c1OCC(=O)N=Nc1c(O)n(C)c2ccccc12. The van der Waals surface area contributed by atoms with E-state index in [1.54, 1.807) is 11.6 Å². The fourth-order valence-electron chi connectivity index (χ4n) is 2.60. The van der Waals surface area contributed by atoms with Gasteiger partial charge in [-0.05, 0) is 46.6 Å². The van der Waals surface area contributed by atoms with Gasteiger partial charge in [0.25, 0.3) is 0 Å². The molecule has 0 aliphatic carbocycles. The predicted molar refractivity (Wildman–Crippen MR) is 106 cm³/mol. The van der Waals surface area contributed by atoms with E-state index >= 15 is 0 Å². The Bertz CT molecular complexity index is 1000. The first kappa shape index (κ1) is 18.6. The lowest BCUT2D eigenvalue weighted by molar-refractivity contribution is -0.120. The molecular formula is C18H15Br2N3O3. The molecular weight excluding hydrogens is 466 g/mol. The first-order chi connectivity index (χ1) is 12.4. The fourth-order valence-corrected chi connectivity index (χ4v) is 4.15. The number of hydrogen-bond acceptors (Lipinski definition) is 4. The number of nitrogens with zero attached hydrogens (tertiary/aromatic N) is 3. The molecule has 0 saturated carbocycles. The lowest BCUT2D eigenvalue weighted by Crippen LogP contribution is -2.09. The van der Waals surface area contributed by atoms with Gasteiger partial charge in [0.05, 0.1) is 9.99 Å². The zero-order chi connectivity index (χ0) is 18.8. The average Bonchev–Trinajstić information content (AvgIpc) is 2.83. The van der Waals surface area contributed by atoms with Crippen LogP contribution in [-0.4, -0.2) is 22.2 Å². The molecule has 0 aliphatic heterocycles. The lowest BCUT2D eigenvalue weighted by Gasteiger charge is -2.09. The molecule has 2 aromatic carbocycles. The fraction of sp³-hybridized carbons (Fsp3) is 0.167. The molecule has 3 aromatic rings. The second-order valence-corrected chi connectivity index (χ2v) is 7.43. The molecule has 1 N–H and O–H groups in total. The van der Waals surface area contributed by atoms with Gasteiger partial charge in [-0.15, -0.1) is 10.2 Å². The molecule has 0 fully saturated rings. The topological polar surface area (TPSA) is 76.2 Å². The van der Waals surface area contributed by atoms with Gasteiger partial charge in [0.1, 0.15) is 5.75 Å². The number of azo groups is 1. The first-order valence-electron chi connectivity index (χ1n) is 7.68. The number of ether oxygens (including phenoxy) is 1. The van der Waals surface area contributed by atoms with Crippen molar-refractivity contribution in [2.75, 3.05) is 6.61 Å². The molecule has 26 heavy (non-hydrogen) atoms. The van der Waals surface area contributed by atoms with Gasteiger partial charge < -0.3 is 14.4 Å². The molecule has 1 amide bonds. The third-order valence-electron chi connectivity index (χ3n) is 3.85. The Morgan fingerprint density at radius 2 is 2.00 bits per heavy atom. The molecule has 134 valence electrons. The molecule has 8 heteroatoms. The monoisotopic (exact) mass is 479 g/mol. The Kier molecular flexibility index (Phi) is 5.43. The summed E-state index contributed by atoms with van der Waals surface area (Å²) in [6.45, 7) is 1.63. The van der Waals surface area contributed by atoms with E-state index in [2.05, 4.69) is 42.1 Å². The Balaban J connectivity index is 1.76. The lowest BCUT2D eigenvalue weighted by atomic mass is 10.2. The molecule has 0 bridgehead atoms. The molecule has 1 heterocycles. The van der Waals surface area contributed by atoms with Gasteiger partial charge in [0.15, 0.2) is 12.3 Å². The number of hydrogen-bond donors (Lipinski definition) is 1. The zero-order valence-corrected chi connectivity index (χ0v) is 17.2. The van der Waals surface area contributed by atoms with Crippen molar-refractivity contribution in [1.82, 2.24) is 4.57 Å². The number of benzene rings is 2. The van der Waals surface area contributed by atoms with Gasteiger partial charge in [-0.3, -0.25) is 4.79 Å². The van der Waals surface area contributed by atoms with Crippen LogP contribution in [0.5, 0.6) is 11.6 Å². The van der Waals surface area contributed by atoms with Crippen LogP contribution < -0.4 is 4.74 Å². The summed E-state index contributed by atoms with van der Waals surface area (Å²) in [5.41, 5.74) is 1.94. The molecule has 1 aromatic heterocycles. The maximum absolute atomic E-state index is 12.0. The smallest absolute Gasteiger partial charge is 0.302 e. The van der Waals surface area contributed by atoms with E-state index in [0.717, 1.165) is 25.4 Å². The van der Waals surface area contributed by atoms with Gasteiger partial charge in [-0.2, -0.15) is 0 Å². The van der Waals surface area contributed by atoms with Crippen molar-refractivity contribution < 1.29 is 14.6 Å². The summed E-state index contributed by atoms with van der Waals surface area (Å²) in [7, 11) is 1.72. The highest BCUT2D eigenvalue weighted by atomic mass is 79.9. The van der Waals surface area contributed by atoms with Crippen LogP contribution in [0.15, 0.2) is 55.6 Å². The summed E-state index contributed by atoms with van der Waals surface area (Å²) < 4.78 is 8.79. The average molecular weight is 481 g/mol. The van der Waals surface area contributed by atoms with E-state index in [0.29, 0.717) is 5.75 Å². The summed E-state index contributed by atoms with van der Waals surface area (Å²) in [6.07, 6.45) is 0. The number of rotatable bonds is 4. The van der Waals surface area contributed by atoms with E-state index in [4.69, 9.17) is 4.74 Å². The summed E-state index contributed by atoms with van der Waals surface area (Å²) in [5, 5.41) is 18.5. The van der Waals surface area contributed by atoms with Crippen molar-refractivity contribution in [2.45, 2.75) is 6.92 Å². The number of fused-ring (bicyclic) bond motifs is 1. The Hall–Kier alpha value is -2.19. The number of aryl methyl sites for hydroxylation is 2. The molecule has 0 aliphatic rings. The van der Waals surface area contributed by atoms with Crippen molar-refractivity contribution in [3.05, 3.63) is 50.9 Å². The molecule has 0 saturated heterocycles. The summed E-state index contributed by atoms with van der Waals surface area (Å²) in [4.78, 5) is 12.0. The van der Waals surface area contributed by atoms with Crippen LogP contribution in [0.4, 0.5) is 5.69 Å². The first-order valence-corrected chi connectivity index (χ1v) is 9.26. The molecule has 0 unspecified atom stereocenters. The van der Waals surface area contributed by atoms with Gasteiger partial charge in [-0.1, -0.05) is 34.1 Å². The minimum atomic E-state index is -0.549. The van der Waals surface area contributed by atoms with Crippen LogP contribution in [0.1, 0.15) is 5.56 Å². The van der Waals surface area contributed by atoms with E-state index in [1.807, 2.05) is 43.3 Å². The minimum absolute atomic E-state index is 0.0461. The Labute approximate surface area is 166 Å². The van der Waals surface area contributed by atoms with Crippen LogP contribution in [0.3, 0.4) is 0 Å². The van der Waals surface area contributed by atoms with Crippen LogP contribution in [-0.2, 0) is 11.8 Å². The standard InChI is InChI=1S/C18H15Br2N3O3/c1-10-7-11(19)8-13(20)17(10)26-9-15(24)21-22-16-12-5-3-4-6-14(12)23(2)18(16)25/h3-8,25H,9H2,1-2H3. The van der Waals surface area contributed by atoms with Gasteiger partial charge >= 0.3 is 5.91 Å². The maximum atomic E-state index is 12.0. The third kappa shape index (κ3) is 3.66. The molecule has 0 atom stereocenters.